The summed E-state index contributed by atoms with van der Waals surface area (Å²) in [5.74, 6) is 0.661. The third kappa shape index (κ3) is 3.64. The summed E-state index contributed by atoms with van der Waals surface area (Å²) in [5.41, 5.74) is -0.279. The van der Waals surface area contributed by atoms with E-state index in [9.17, 15) is 4.79 Å². The van der Waals surface area contributed by atoms with E-state index in [0.717, 1.165) is 25.9 Å². The number of halogens is 1. The molecular weight excluding hydrogens is 264 g/mol. The largest absolute Gasteiger partial charge is 0.348 e. The first kappa shape index (κ1) is 14.2. The lowest BCUT2D eigenvalue weighted by Crippen LogP contribution is -2.46. The maximum absolute atomic E-state index is 12.3. The Kier molecular flexibility index (Phi) is 4.37. The Morgan fingerprint density at radius 2 is 2.00 bits per heavy atom. The van der Waals surface area contributed by atoms with Crippen LogP contribution in [0.4, 0.5) is 0 Å². The van der Waals surface area contributed by atoms with Crippen molar-refractivity contribution in [3.63, 3.8) is 0 Å². The zero-order valence-corrected chi connectivity index (χ0v) is 12.1. The summed E-state index contributed by atoms with van der Waals surface area (Å²) in [7, 11) is 2.08. The summed E-state index contributed by atoms with van der Waals surface area (Å²) in [5, 5.41) is 3.42. The molecule has 104 valence electrons. The molecule has 0 aromatic carbocycles. The zero-order valence-electron chi connectivity index (χ0n) is 11.3. The first-order valence-electron chi connectivity index (χ1n) is 6.43. The van der Waals surface area contributed by atoms with Crippen LogP contribution in [-0.4, -0.2) is 40.9 Å². The van der Waals surface area contributed by atoms with Crippen molar-refractivity contribution in [2.75, 3.05) is 20.1 Å². The van der Waals surface area contributed by atoms with Gasteiger partial charge in [-0.1, -0.05) is 18.5 Å². The average molecular weight is 283 g/mol. The van der Waals surface area contributed by atoms with Crippen LogP contribution in [0.3, 0.4) is 0 Å². The van der Waals surface area contributed by atoms with E-state index < -0.39 is 0 Å². The van der Waals surface area contributed by atoms with E-state index in [1.165, 1.54) is 12.4 Å². The van der Waals surface area contributed by atoms with Crippen molar-refractivity contribution in [2.24, 2.45) is 5.41 Å². The standard InChI is InChI=1S/C13H19ClN4O/c1-13(3-5-18(2)6-4-13)12(19)17-9-11-15-7-10(14)8-16-11/h7-8H,3-6,9H2,1-2H3,(H,17,19). The van der Waals surface area contributed by atoms with Crippen LogP contribution in [-0.2, 0) is 11.3 Å². The van der Waals surface area contributed by atoms with Gasteiger partial charge in [0.15, 0.2) is 0 Å². The van der Waals surface area contributed by atoms with E-state index in [0.29, 0.717) is 17.4 Å². The molecule has 1 aromatic heterocycles. The molecule has 0 atom stereocenters. The monoisotopic (exact) mass is 282 g/mol. The van der Waals surface area contributed by atoms with E-state index >= 15 is 0 Å². The lowest BCUT2D eigenvalue weighted by atomic mass is 9.79. The molecule has 0 saturated carbocycles. The van der Waals surface area contributed by atoms with Gasteiger partial charge in [-0.2, -0.15) is 0 Å². The molecule has 6 heteroatoms. The van der Waals surface area contributed by atoms with Crippen molar-refractivity contribution < 1.29 is 4.79 Å². The fourth-order valence-electron chi connectivity index (χ4n) is 2.14. The Labute approximate surface area is 118 Å². The molecule has 0 unspecified atom stereocenters. The summed E-state index contributed by atoms with van der Waals surface area (Å²) < 4.78 is 0. The molecule has 0 spiro atoms. The van der Waals surface area contributed by atoms with Gasteiger partial charge < -0.3 is 10.2 Å². The minimum absolute atomic E-state index is 0.0825. The number of carbonyl (C=O) groups excluding carboxylic acids is 1. The third-order valence-corrected chi connectivity index (χ3v) is 3.91. The molecule has 1 N–H and O–H groups in total. The first-order chi connectivity index (χ1) is 8.99. The van der Waals surface area contributed by atoms with Crippen molar-refractivity contribution in [3.8, 4) is 0 Å². The summed E-state index contributed by atoms with van der Waals surface area (Å²) in [6, 6.07) is 0. The minimum Gasteiger partial charge on any atom is -0.348 e. The Hall–Kier alpha value is -1.20. The molecule has 1 saturated heterocycles. The van der Waals surface area contributed by atoms with Gasteiger partial charge >= 0.3 is 0 Å². The van der Waals surface area contributed by atoms with Gasteiger partial charge in [-0.05, 0) is 33.0 Å². The summed E-state index contributed by atoms with van der Waals surface area (Å²) in [4.78, 5) is 22.6. The van der Waals surface area contributed by atoms with Gasteiger partial charge in [0.1, 0.15) is 5.82 Å². The second-order valence-electron chi connectivity index (χ2n) is 5.36. The van der Waals surface area contributed by atoms with Crippen molar-refractivity contribution >= 4 is 17.5 Å². The Morgan fingerprint density at radius 3 is 2.58 bits per heavy atom. The van der Waals surface area contributed by atoms with Gasteiger partial charge in [0.2, 0.25) is 5.91 Å². The number of hydrogen-bond donors (Lipinski definition) is 1. The van der Waals surface area contributed by atoms with Crippen LogP contribution in [0.15, 0.2) is 12.4 Å². The predicted molar refractivity (Wildman–Crippen MR) is 73.7 cm³/mol. The lowest BCUT2D eigenvalue weighted by Gasteiger charge is -2.36. The number of aromatic nitrogens is 2. The van der Waals surface area contributed by atoms with E-state index in [-0.39, 0.29) is 11.3 Å². The summed E-state index contributed by atoms with van der Waals surface area (Å²) in [6.07, 6.45) is 4.84. The maximum atomic E-state index is 12.3. The van der Waals surface area contributed by atoms with Crippen LogP contribution in [0.1, 0.15) is 25.6 Å². The SMILES string of the molecule is CN1CCC(C)(C(=O)NCc2ncc(Cl)cn2)CC1. The molecular formula is C13H19ClN4O. The van der Waals surface area contributed by atoms with Gasteiger partial charge in [0.05, 0.1) is 11.6 Å². The maximum Gasteiger partial charge on any atom is 0.226 e. The number of nitrogens with one attached hydrogen (secondary N) is 1. The number of hydrogen-bond acceptors (Lipinski definition) is 4. The van der Waals surface area contributed by atoms with Crippen LogP contribution in [0.2, 0.25) is 5.02 Å². The van der Waals surface area contributed by atoms with E-state index in [1.807, 2.05) is 6.92 Å². The van der Waals surface area contributed by atoms with E-state index in [2.05, 4.69) is 27.2 Å². The average Bonchev–Trinajstić information content (AvgIpc) is 2.41. The molecule has 0 bridgehead atoms. The van der Waals surface area contributed by atoms with Crippen LogP contribution in [0, 0.1) is 5.41 Å². The number of piperidine rings is 1. The Bertz CT molecular complexity index is 440. The molecule has 0 aliphatic carbocycles. The molecule has 1 aliphatic rings. The van der Waals surface area contributed by atoms with Crippen molar-refractivity contribution in [2.45, 2.75) is 26.3 Å². The fourth-order valence-corrected chi connectivity index (χ4v) is 2.24. The number of nitrogens with zero attached hydrogens (tertiary/aromatic N) is 3. The fraction of sp³-hybridized carbons (Fsp3) is 0.615. The van der Waals surface area contributed by atoms with Gasteiger partial charge in [-0.15, -0.1) is 0 Å². The smallest absolute Gasteiger partial charge is 0.226 e. The van der Waals surface area contributed by atoms with Gasteiger partial charge in [0.25, 0.3) is 0 Å². The van der Waals surface area contributed by atoms with Crippen LogP contribution < -0.4 is 5.32 Å². The van der Waals surface area contributed by atoms with Crippen LogP contribution >= 0.6 is 11.6 Å². The molecule has 2 heterocycles. The Morgan fingerprint density at radius 1 is 1.42 bits per heavy atom. The molecule has 1 amide bonds. The highest BCUT2D eigenvalue weighted by molar-refractivity contribution is 6.30. The lowest BCUT2D eigenvalue weighted by molar-refractivity contribution is -0.132. The Balaban J connectivity index is 1.88. The molecule has 1 aliphatic heterocycles. The molecule has 5 nitrogen and oxygen atoms in total. The third-order valence-electron chi connectivity index (χ3n) is 3.72. The molecule has 1 fully saturated rings. The van der Waals surface area contributed by atoms with Crippen molar-refractivity contribution in [3.05, 3.63) is 23.2 Å². The number of likely N-dealkylation sites (tertiary alicyclic amines) is 1. The van der Waals surface area contributed by atoms with Crippen molar-refractivity contribution in [1.82, 2.24) is 20.2 Å². The van der Waals surface area contributed by atoms with Crippen LogP contribution in [0.5, 0.6) is 0 Å². The second-order valence-corrected chi connectivity index (χ2v) is 5.80. The number of rotatable bonds is 3. The van der Waals surface area contributed by atoms with Gasteiger partial charge in [-0.25, -0.2) is 9.97 Å². The number of carbonyl (C=O) groups is 1. The topological polar surface area (TPSA) is 58.1 Å². The summed E-state index contributed by atoms with van der Waals surface area (Å²) >= 11 is 5.71. The zero-order chi connectivity index (χ0) is 13.9. The highest BCUT2D eigenvalue weighted by Crippen LogP contribution is 2.30. The number of amides is 1. The predicted octanol–water partition coefficient (Wildman–Crippen LogP) is 1.48. The highest BCUT2D eigenvalue weighted by atomic mass is 35.5. The second kappa shape index (κ2) is 5.84. The van der Waals surface area contributed by atoms with E-state index in [1.54, 1.807) is 0 Å². The van der Waals surface area contributed by atoms with Crippen LogP contribution in [0.25, 0.3) is 0 Å². The normalized spacial score (nSPS) is 19.1. The summed E-state index contributed by atoms with van der Waals surface area (Å²) in [6.45, 7) is 4.29. The molecule has 1 aromatic rings. The highest BCUT2D eigenvalue weighted by Gasteiger charge is 2.35. The molecule has 19 heavy (non-hydrogen) atoms. The molecule has 2 rings (SSSR count). The first-order valence-corrected chi connectivity index (χ1v) is 6.81. The van der Waals surface area contributed by atoms with Crippen molar-refractivity contribution in [1.29, 1.82) is 0 Å². The quantitative estimate of drug-likeness (QED) is 0.912. The van der Waals surface area contributed by atoms with E-state index in [4.69, 9.17) is 11.6 Å². The minimum atomic E-state index is -0.279. The van der Waals surface area contributed by atoms with Gasteiger partial charge in [0, 0.05) is 17.8 Å². The van der Waals surface area contributed by atoms with Gasteiger partial charge in [-0.3, -0.25) is 4.79 Å². The molecule has 0 radical (unpaired) electrons.